The molecule has 7 heteroatoms. The number of aromatic amines is 1. The molecule has 3 N–H and O–H groups in total. The summed E-state index contributed by atoms with van der Waals surface area (Å²) in [5, 5.41) is 12.9. The number of pyridine rings is 1. The van der Waals surface area contributed by atoms with Gasteiger partial charge in [-0.15, -0.1) is 0 Å². The second-order valence-corrected chi connectivity index (χ2v) is 6.89. The maximum Gasteiger partial charge on any atom is 0.251 e. The maximum atomic E-state index is 14.7. The number of H-pyrrole nitrogens is 1. The SMILES string of the molecule is O=C(NC1CCC(O)CC1)c1ccc(-c2ncc(F)c3[nH]ccc23)c(F)c1. The average Bonchev–Trinajstić information content (AvgIpc) is 3.15. The number of nitrogens with one attached hydrogen (secondary N) is 2. The first-order valence-corrected chi connectivity index (χ1v) is 8.93. The van der Waals surface area contributed by atoms with Gasteiger partial charge in [-0.05, 0) is 49.9 Å². The predicted octanol–water partition coefficient (Wildman–Crippen LogP) is 3.54. The number of aliphatic hydroxyl groups is 1. The van der Waals surface area contributed by atoms with Crippen molar-refractivity contribution in [2.45, 2.75) is 37.8 Å². The number of amides is 1. The largest absolute Gasteiger partial charge is 0.393 e. The Hall–Kier alpha value is -2.80. The molecule has 1 amide bonds. The molecule has 1 aliphatic carbocycles. The highest BCUT2D eigenvalue weighted by atomic mass is 19.1. The van der Waals surface area contributed by atoms with Gasteiger partial charge in [0.2, 0.25) is 0 Å². The van der Waals surface area contributed by atoms with E-state index < -0.39 is 11.6 Å². The van der Waals surface area contributed by atoms with E-state index in [2.05, 4.69) is 15.3 Å². The van der Waals surface area contributed by atoms with Crippen LogP contribution in [0.5, 0.6) is 0 Å². The van der Waals surface area contributed by atoms with Crippen molar-refractivity contribution >= 4 is 16.8 Å². The molecular formula is C20H19F2N3O2. The Morgan fingerprint density at radius 1 is 1.15 bits per heavy atom. The lowest BCUT2D eigenvalue weighted by Gasteiger charge is -2.26. The number of aliphatic hydroxyl groups excluding tert-OH is 1. The van der Waals surface area contributed by atoms with Crippen molar-refractivity contribution in [3.8, 4) is 11.3 Å². The Kier molecular flexibility index (Phi) is 4.61. The Morgan fingerprint density at radius 2 is 1.93 bits per heavy atom. The molecule has 0 saturated heterocycles. The summed E-state index contributed by atoms with van der Waals surface area (Å²) in [7, 11) is 0. The van der Waals surface area contributed by atoms with Crippen molar-refractivity contribution in [3.63, 3.8) is 0 Å². The first-order valence-electron chi connectivity index (χ1n) is 8.93. The highest BCUT2D eigenvalue weighted by molar-refractivity contribution is 5.96. The molecule has 0 unspecified atom stereocenters. The van der Waals surface area contributed by atoms with Crippen LogP contribution in [0.1, 0.15) is 36.0 Å². The summed E-state index contributed by atoms with van der Waals surface area (Å²) in [6, 6.07) is 5.82. The van der Waals surface area contributed by atoms with E-state index in [1.54, 1.807) is 12.3 Å². The van der Waals surface area contributed by atoms with Crippen LogP contribution < -0.4 is 5.32 Å². The fourth-order valence-electron chi connectivity index (χ4n) is 3.57. The minimum atomic E-state index is -0.594. The van der Waals surface area contributed by atoms with Crippen molar-refractivity contribution in [1.29, 1.82) is 0 Å². The van der Waals surface area contributed by atoms with Gasteiger partial charge < -0.3 is 15.4 Å². The van der Waals surface area contributed by atoms with E-state index in [4.69, 9.17) is 0 Å². The lowest BCUT2D eigenvalue weighted by Crippen LogP contribution is -2.38. The van der Waals surface area contributed by atoms with Crippen LogP contribution in [-0.2, 0) is 0 Å². The number of hydrogen-bond acceptors (Lipinski definition) is 3. The first kappa shape index (κ1) is 17.6. The van der Waals surface area contributed by atoms with E-state index in [9.17, 15) is 18.7 Å². The molecule has 3 aromatic rings. The molecule has 2 aromatic heterocycles. The standard InChI is InChI=1S/C20H19F2N3O2/c21-16-9-11(20(27)25-12-2-4-13(26)5-3-12)1-6-14(16)18-15-7-8-23-19(15)17(22)10-24-18/h1,6-10,12-13,23,26H,2-5H2,(H,25,27). The zero-order chi connectivity index (χ0) is 19.0. The van der Waals surface area contributed by atoms with Crippen LogP contribution in [-0.4, -0.2) is 33.1 Å². The van der Waals surface area contributed by atoms with Crippen LogP contribution in [0.3, 0.4) is 0 Å². The zero-order valence-corrected chi connectivity index (χ0v) is 14.5. The molecule has 5 nitrogen and oxygen atoms in total. The molecule has 0 bridgehead atoms. The summed E-state index contributed by atoms with van der Waals surface area (Å²) in [6.07, 6.45) is 5.04. The summed E-state index contributed by atoms with van der Waals surface area (Å²) in [5.74, 6) is -1.45. The number of fused-ring (bicyclic) bond motifs is 1. The van der Waals surface area contributed by atoms with Gasteiger partial charge in [-0.3, -0.25) is 9.78 Å². The van der Waals surface area contributed by atoms with Gasteiger partial charge in [0.15, 0.2) is 5.82 Å². The number of aromatic nitrogens is 2. The summed E-state index contributed by atoms with van der Waals surface area (Å²) in [5.41, 5.74) is 1.01. The Labute approximate surface area is 154 Å². The molecule has 0 atom stereocenters. The molecule has 2 heterocycles. The van der Waals surface area contributed by atoms with E-state index in [0.29, 0.717) is 36.8 Å². The normalized spacial score (nSPS) is 20.0. The number of halogens is 2. The van der Waals surface area contributed by atoms with Crippen molar-refractivity contribution in [2.24, 2.45) is 0 Å². The van der Waals surface area contributed by atoms with E-state index in [1.807, 2.05) is 0 Å². The molecule has 140 valence electrons. The van der Waals surface area contributed by atoms with Gasteiger partial charge in [0, 0.05) is 28.8 Å². The van der Waals surface area contributed by atoms with Crippen LogP contribution >= 0.6 is 0 Å². The number of carbonyl (C=O) groups is 1. The molecule has 4 rings (SSSR count). The zero-order valence-electron chi connectivity index (χ0n) is 14.5. The van der Waals surface area contributed by atoms with E-state index in [1.165, 1.54) is 18.2 Å². The van der Waals surface area contributed by atoms with Crippen molar-refractivity contribution < 1.29 is 18.7 Å². The number of rotatable bonds is 3. The Bertz CT molecular complexity index is 994. The molecule has 1 saturated carbocycles. The molecule has 1 aliphatic rings. The van der Waals surface area contributed by atoms with E-state index in [-0.39, 0.29) is 34.7 Å². The summed E-state index contributed by atoms with van der Waals surface area (Å²) in [4.78, 5) is 19.2. The van der Waals surface area contributed by atoms with Crippen LogP contribution in [0, 0.1) is 11.6 Å². The topological polar surface area (TPSA) is 78.0 Å². The lowest BCUT2D eigenvalue weighted by molar-refractivity contribution is 0.0867. The van der Waals surface area contributed by atoms with Crippen molar-refractivity contribution in [2.75, 3.05) is 0 Å². The maximum absolute atomic E-state index is 14.7. The highest BCUT2D eigenvalue weighted by Gasteiger charge is 2.22. The van der Waals surface area contributed by atoms with Crippen molar-refractivity contribution in [3.05, 3.63) is 53.9 Å². The number of nitrogens with zero attached hydrogens (tertiary/aromatic N) is 1. The van der Waals surface area contributed by atoms with Gasteiger partial charge >= 0.3 is 0 Å². The second-order valence-electron chi connectivity index (χ2n) is 6.89. The first-order chi connectivity index (χ1) is 13.0. The Morgan fingerprint density at radius 3 is 2.67 bits per heavy atom. The van der Waals surface area contributed by atoms with Gasteiger partial charge in [0.25, 0.3) is 5.91 Å². The fourth-order valence-corrected chi connectivity index (χ4v) is 3.57. The molecule has 27 heavy (non-hydrogen) atoms. The molecule has 1 fully saturated rings. The van der Waals surface area contributed by atoms with Gasteiger partial charge in [-0.2, -0.15) is 0 Å². The van der Waals surface area contributed by atoms with E-state index >= 15 is 0 Å². The highest BCUT2D eigenvalue weighted by Crippen LogP contribution is 2.30. The summed E-state index contributed by atoms with van der Waals surface area (Å²) in [6.45, 7) is 0. The number of carbonyl (C=O) groups excluding carboxylic acids is 1. The smallest absolute Gasteiger partial charge is 0.251 e. The van der Waals surface area contributed by atoms with Crippen LogP contribution in [0.25, 0.3) is 22.2 Å². The van der Waals surface area contributed by atoms with Crippen molar-refractivity contribution in [1.82, 2.24) is 15.3 Å². The minimum Gasteiger partial charge on any atom is -0.393 e. The summed E-state index contributed by atoms with van der Waals surface area (Å²) < 4.78 is 28.5. The van der Waals surface area contributed by atoms with Gasteiger partial charge in [-0.25, -0.2) is 8.78 Å². The van der Waals surface area contributed by atoms with Crippen LogP contribution in [0.15, 0.2) is 36.7 Å². The third kappa shape index (κ3) is 3.42. The monoisotopic (exact) mass is 371 g/mol. The average molecular weight is 371 g/mol. The quantitative estimate of drug-likeness (QED) is 0.659. The second kappa shape index (κ2) is 7.08. The fraction of sp³-hybridized carbons (Fsp3) is 0.300. The predicted molar refractivity (Wildman–Crippen MR) is 97.2 cm³/mol. The third-order valence-corrected chi connectivity index (χ3v) is 5.07. The van der Waals surface area contributed by atoms with Gasteiger partial charge in [0.1, 0.15) is 5.82 Å². The van der Waals surface area contributed by atoms with Gasteiger partial charge in [0.05, 0.1) is 23.5 Å². The minimum absolute atomic E-state index is 0.0121. The molecule has 0 spiro atoms. The van der Waals surface area contributed by atoms with Crippen LogP contribution in [0.4, 0.5) is 8.78 Å². The molecule has 0 aliphatic heterocycles. The lowest BCUT2D eigenvalue weighted by atomic mass is 9.93. The van der Waals surface area contributed by atoms with E-state index in [0.717, 1.165) is 6.20 Å². The third-order valence-electron chi connectivity index (χ3n) is 5.07. The molecule has 1 aromatic carbocycles. The van der Waals surface area contributed by atoms with Gasteiger partial charge in [-0.1, -0.05) is 0 Å². The molecular weight excluding hydrogens is 352 g/mol. The molecule has 0 radical (unpaired) electrons. The summed E-state index contributed by atoms with van der Waals surface area (Å²) >= 11 is 0. The number of hydrogen-bond donors (Lipinski definition) is 3. The number of benzene rings is 1. The van der Waals surface area contributed by atoms with Crippen LogP contribution in [0.2, 0.25) is 0 Å². The Balaban J connectivity index is 1.58.